The Labute approximate surface area is 124 Å². The Bertz CT molecular complexity index is 641. The van der Waals surface area contributed by atoms with Crippen molar-refractivity contribution < 1.29 is 9.53 Å². The van der Waals surface area contributed by atoms with Gasteiger partial charge in [-0.1, -0.05) is 19.1 Å². The highest BCUT2D eigenvalue weighted by Crippen LogP contribution is 2.25. The number of carbonyl (C=O) groups excluding carboxylic acids is 1. The van der Waals surface area contributed by atoms with Gasteiger partial charge in [0.1, 0.15) is 0 Å². The molecular formula is C16H19N3O2. The van der Waals surface area contributed by atoms with Crippen LogP contribution in [0.2, 0.25) is 0 Å². The van der Waals surface area contributed by atoms with Gasteiger partial charge in [-0.25, -0.2) is 9.78 Å². The quantitative estimate of drug-likeness (QED) is 0.825. The monoisotopic (exact) mass is 285 g/mol. The van der Waals surface area contributed by atoms with Crippen LogP contribution in [0.3, 0.4) is 0 Å². The average molecular weight is 285 g/mol. The highest BCUT2D eigenvalue weighted by Gasteiger charge is 2.14. The highest BCUT2D eigenvalue weighted by molar-refractivity contribution is 5.98. The van der Waals surface area contributed by atoms with E-state index in [1.165, 1.54) is 11.8 Å². The van der Waals surface area contributed by atoms with Gasteiger partial charge in [0.15, 0.2) is 5.82 Å². The molecule has 1 aromatic heterocycles. The molecule has 0 atom stereocenters. The van der Waals surface area contributed by atoms with Crippen LogP contribution in [0.4, 0.5) is 17.2 Å². The molecule has 5 heteroatoms. The topological polar surface area (TPSA) is 77.2 Å². The van der Waals surface area contributed by atoms with Gasteiger partial charge in [0.25, 0.3) is 0 Å². The molecule has 2 rings (SSSR count). The van der Waals surface area contributed by atoms with Gasteiger partial charge in [-0.05, 0) is 37.1 Å². The van der Waals surface area contributed by atoms with E-state index < -0.39 is 5.97 Å². The van der Waals surface area contributed by atoms with Crippen LogP contribution in [0.25, 0.3) is 0 Å². The second kappa shape index (κ2) is 6.74. The van der Waals surface area contributed by atoms with Gasteiger partial charge >= 0.3 is 5.97 Å². The number of nitrogens with one attached hydrogen (secondary N) is 1. The minimum absolute atomic E-state index is 0.290. The molecule has 0 amide bonds. The lowest BCUT2D eigenvalue weighted by Gasteiger charge is -2.12. The molecule has 3 N–H and O–H groups in total. The lowest BCUT2D eigenvalue weighted by Crippen LogP contribution is -2.10. The first-order valence-electron chi connectivity index (χ1n) is 6.93. The van der Waals surface area contributed by atoms with E-state index >= 15 is 0 Å². The summed E-state index contributed by atoms with van der Waals surface area (Å²) in [7, 11) is 0. The van der Waals surface area contributed by atoms with E-state index in [1.807, 2.05) is 18.2 Å². The van der Waals surface area contributed by atoms with Crippen molar-refractivity contribution in [2.75, 3.05) is 17.7 Å². The third kappa shape index (κ3) is 3.51. The molecule has 2 aromatic rings. The minimum Gasteiger partial charge on any atom is -0.462 e. The summed E-state index contributed by atoms with van der Waals surface area (Å²) >= 11 is 0. The predicted molar refractivity (Wildman–Crippen MR) is 83.7 cm³/mol. The summed E-state index contributed by atoms with van der Waals surface area (Å²) in [6.07, 6.45) is 2.48. The van der Waals surface area contributed by atoms with Gasteiger partial charge in [0.2, 0.25) is 0 Å². The second-order valence-electron chi connectivity index (χ2n) is 4.52. The van der Waals surface area contributed by atoms with Crippen LogP contribution in [0.15, 0.2) is 36.5 Å². The summed E-state index contributed by atoms with van der Waals surface area (Å²) in [5.74, 6) is 0.0107. The number of nitrogens with zero attached hydrogens (tertiary/aromatic N) is 1. The third-order valence-electron chi connectivity index (χ3n) is 3.08. The summed E-state index contributed by atoms with van der Waals surface area (Å²) in [5, 5.41) is 3.14. The van der Waals surface area contributed by atoms with Gasteiger partial charge in [-0.2, -0.15) is 0 Å². The Hall–Kier alpha value is -2.56. The van der Waals surface area contributed by atoms with E-state index in [9.17, 15) is 4.79 Å². The van der Waals surface area contributed by atoms with Crippen LogP contribution in [0.5, 0.6) is 0 Å². The largest absolute Gasteiger partial charge is 0.462 e. The Kier molecular flexibility index (Phi) is 4.77. The molecule has 0 saturated carbocycles. The van der Waals surface area contributed by atoms with E-state index in [2.05, 4.69) is 23.3 Å². The van der Waals surface area contributed by atoms with Crippen LogP contribution < -0.4 is 11.1 Å². The predicted octanol–water partition coefficient (Wildman–Crippen LogP) is 3.15. The molecular weight excluding hydrogens is 266 g/mol. The number of ether oxygens (including phenoxy) is 1. The van der Waals surface area contributed by atoms with Gasteiger partial charge in [0.05, 0.1) is 17.9 Å². The van der Waals surface area contributed by atoms with E-state index in [0.29, 0.717) is 18.0 Å². The highest BCUT2D eigenvalue weighted by atomic mass is 16.5. The lowest BCUT2D eigenvalue weighted by atomic mass is 10.1. The first-order valence-corrected chi connectivity index (χ1v) is 6.93. The van der Waals surface area contributed by atoms with Gasteiger partial charge < -0.3 is 15.8 Å². The van der Waals surface area contributed by atoms with Crippen molar-refractivity contribution in [2.45, 2.75) is 20.3 Å². The zero-order chi connectivity index (χ0) is 15.2. The molecule has 0 aliphatic heterocycles. The summed E-state index contributed by atoms with van der Waals surface area (Å²) in [6, 6.07) is 9.53. The molecule has 110 valence electrons. The van der Waals surface area contributed by atoms with Crippen molar-refractivity contribution in [3.63, 3.8) is 0 Å². The second-order valence-corrected chi connectivity index (χ2v) is 4.52. The molecule has 0 aliphatic rings. The normalized spacial score (nSPS) is 10.2. The molecule has 21 heavy (non-hydrogen) atoms. The van der Waals surface area contributed by atoms with Crippen molar-refractivity contribution in [3.05, 3.63) is 47.7 Å². The van der Waals surface area contributed by atoms with Gasteiger partial charge in [-0.15, -0.1) is 0 Å². The number of nitrogens with two attached hydrogens (primary N) is 1. The first kappa shape index (κ1) is 14.8. The van der Waals surface area contributed by atoms with Crippen LogP contribution in [-0.2, 0) is 11.2 Å². The fraction of sp³-hybridized carbons (Fsp3) is 0.250. The number of aryl methyl sites for hydroxylation is 1. The number of hydrogen-bond donors (Lipinski definition) is 2. The van der Waals surface area contributed by atoms with Gasteiger partial charge in [0, 0.05) is 11.9 Å². The zero-order valence-corrected chi connectivity index (χ0v) is 12.2. The molecule has 1 heterocycles. The molecule has 0 spiro atoms. The van der Waals surface area contributed by atoms with E-state index in [4.69, 9.17) is 10.5 Å². The number of benzene rings is 1. The maximum absolute atomic E-state index is 11.8. The van der Waals surface area contributed by atoms with Crippen molar-refractivity contribution in [2.24, 2.45) is 0 Å². The zero-order valence-electron chi connectivity index (χ0n) is 12.2. The third-order valence-corrected chi connectivity index (χ3v) is 3.08. The van der Waals surface area contributed by atoms with Crippen LogP contribution >= 0.6 is 0 Å². The number of aromatic nitrogens is 1. The Morgan fingerprint density at radius 1 is 1.33 bits per heavy atom. The van der Waals surface area contributed by atoms with Crippen LogP contribution in [-0.4, -0.2) is 17.6 Å². The number of hydrogen-bond acceptors (Lipinski definition) is 5. The smallest absolute Gasteiger partial charge is 0.340 e. The molecule has 0 aliphatic carbocycles. The molecule has 0 saturated heterocycles. The van der Waals surface area contributed by atoms with Gasteiger partial charge in [-0.3, -0.25) is 0 Å². The molecule has 1 aromatic carbocycles. The average Bonchev–Trinajstić information content (AvgIpc) is 2.50. The van der Waals surface area contributed by atoms with Crippen molar-refractivity contribution in [1.82, 2.24) is 4.98 Å². The molecule has 0 radical (unpaired) electrons. The fourth-order valence-corrected chi connectivity index (χ4v) is 1.97. The van der Waals surface area contributed by atoms with E-state index in [0.717, 1.165) is 12.1 Å². The van der Waals surface area contributed by atoms with Crippen molar-refractivity contribution in [3.8, 4) is 0 Å². The standard InChI is InChI=1S/C16H19N3O2/c1-3-11-6-5-7-12(10-11)19-15-14(17)13(8-9-18-15)16(20)21-4-2/h5-10H,3-4,17H2,1-2H3,(H,18,19). The molecule has 0 fully saturated rings. The first-order chi connectivity index (χ1) is 10.2. The molecule has 0 bridgehead atoms. The molecule has 0 unspecified atom stereocenters. The summed E-state index contributed by atoms with van der Waals surface area (Å²) in [6.45, 7) is 4.15. The number of pyridine rings is 1. The fourth-order valence-electron chi connectivity index (χ4n) is 1.97. The number of rotatable bonds is 5. The number of esters is 1. The molecule has 5 nitrogen and oxygen atoms in total. The Balaban J connectivity index is 2.28. The number of nitrogen functional groups attached to an aromatic ring is 1. The summed E-state index contributed by atoms with van der Waals surface area (Å²) in [5.41, 5.74) is 8.71. The van der Waals surface area contributed by atoms with Crippen LogP contribution in [0.1, 0.15) is 29.8 Å². The number of carbonyl (C=O) groups is 1. The summed E-state index contributed by atoms with van der Waals surface area (Å²) in [4.78, 5) is 16.0. The Morgan fingerprint density at radius 2 is 2.14 bits per heavy atom. The maximum Gasteiger partial charge on any atom is 0.340 e. The van der Waals surface area contributed by atoms with Crippen LogP contribution in [0, 0.1) is 0 Å². The van der Waals surface area contributed by atoms with E-state index in [-0.39, 0.29) is 5.69 Å². The summed E-state index contributed by atoms with van der Waals surface area (Å²) < 4.78 is 4.98. The van der Waals surface area contributed by atoms with Crippen molar-refractivity contribution >= 4 is 23.2 Å². The maximum atomic E-state index is 11.8. The lowest BCUT2D eigenvalue weighted by molar-refractivity contribution is 0.0527. The number of anilines is 3. The Morgan fingerprint density at radius 3 is 2.86 bits per heavy atom. The van der Waals surface area contributed by atoms with Crippen molar-refractivity contribution in [1.29, 1.82) is 0 Å². The SMILES string of the molecule is CCOC(=O)c1ccnc(Nc2cccc(CC)c2)c1N. The van der Waals surface area contributed by atoms with E-state index in [1.54, 1.807) is 13.0 Å². The minimum atomic E-state index is -0.442.